The summed E-state index contributed by atoms with van der Waals surface area (Å²) in [5.74, 6) is 1.66. The van der Waals surface area contributed by atoms with Crippen LogP contribution in [0.3, 0.4) is 0 Å². The predicted molar refractivity (Wildman–Crippen MR) is 175 cm³/mol. The molecular weight excluding hydrogens is 584 g/mol. The summed E-state index contributed by atoms with van der Waals surface area (Å²) in [6, 6.07) is 12.9. The lowest BCUT2D eigenvalue weighted by molar-refractivity contribution is 0.0966. The molecule has 2 N–H and O–H groups in total. The van der Waals surface area contributed by atoms with E-state index in [9.17, 15) is 9.59 Å². The molecule has 0 fully saturated rings. The van der Waals surface area contributed by atoms with Crippen LogP contribution in [0.4, 0.5) is 10.6 Å². The Morgan fingerprint density at radius 2 is 1.83 bits per heavy atom. The summed E-state index contributed by atoms with van der Waals surface area (Å²) in [6.07, 6.45) is 3.86. The zero-order valence-corrected chi connectivity index (χ0v) is 27.7. The van der Waals surface area contributed by atoms with Gasteiger partial charge in [-0.25, -0.2) is 14.8 Å². The number of benzene rings is 1. The largest absolute Gasteiger partial charge is 0.484 e. The summed E-state index contributed by atoms with van der Waals surface area (Å²) in [6.45, 7) is 8.75. The van der Waals surface area contributed by atoms with Gasteiger partial charge >= 0.3 is 6.03 Å². The summed E-state index contributed by atoms with van der Waals surface area (Å²) >= 11 is 0. The van der Waals surface area contributed by atoms with Crippen LogP contribution in [0.1, 0.15) is 105 Å². The van der Waals surface area contributed by atoms with E-state index < -0.39 is 6.03 Å². The highest BCUT2D eigenvalue weighted by atomic mass is 16.5. The van der Waals surface area contributed by atoms with Crippen molar-refractivity contribution in [3.05, 3.63) is 77.1 Å². The number of urea groups is 1. The summed E-state index contributed by atoms with van der Waals surface area (Å²) in [4.78, 5) is 37.3. The first kappa shape index (κ1) is 33.0. The van der Waals surface area contributed by atoms with Crippen LogP contribution in [0, 0.1) is 0 Å². The smallest absolute Gasteiger partial charge is 0.320 e. The van der Waals surface area contributed by atoms with Crippen molar-refractivity contribution in [1.82, 2.24) is 34.8 Å². The van der Waals surface area contributed by atoms with Crippen molar-refractivity contribution in [1.29, 1.82) is 0 Å². The van der Waals surface area contributed by atoms with Crippen LogP contribution in [0.5, 0.6) is 5.75 Å². The minimum Gasteiger partial charge on any atom is -0.484 e. The summed E-state index contributed by atoms with van der Waals surface area (Å²) in [7, 11) is 5.58. The Labute approximate surface area is 269 Å². The predicted octanol–water partition coefficient (Wildman–Crippen LogP) is 5.83. The second-order valence-corrected chi connectivity index (χ2v) is 13.0. The summed E-state index contributed by atoms with van der Waals surface area (Å²) < 4.78 is 13.8. The first-order valence-corrected chi connectivity index (χ1v) is 15.7. The van der Waals surface area contributed by atoms with Gasteiger partial charge in [0.15, 0.2) is 23.1 Å². The Morgan fingerprint density at radius 3 is 2.54 bits per heavy atom. The van der Waals surface area contributed by atoms with Gasteiger partial charge in [-0.05, 0) is 70.1 Å². The lowest BCUT2D eigenvalue weighted by atomic mass is 9.85. The molecule has 12 heteroatoms. The molecule has 1 aromatic carbocycles. The molecule has 3 aromatic heterocycles. The SMILES string of the molecule is CO[C@@H](C)c1nnc2ccc(O[C@@H]3CC[C@H](NC(=O)Nc4cc(C(C)(C)C)nc(C(=O)CCCN(C)C)n4)c4ccccc43)cn12. The van der Waals surface area contributed by atoms with Crippen molar-refractivity contribution in [3.63, 3.8) is 0 Å². The molecule has 244 valence electrons. The molecule has 46 heavy (non-hydrogen) atoms. The van der Waals surface area contributed by atoms with Gasteiger partial charge in [0.05, 0.1) is 17.9 Å². The molecule has 12 nitrogen and oxygen atoms in total. The van der Waals surface area contributed by atoms with Crippen LogP contribution in [-0.4, -0.2) is 69.0 Å². The fourth-order valence-electron chi connectivity index (χ4n) is 5.53. The van der Waals surface area contributed by atoms with Gasteiger partial charge in [0.2, 0.25) is 0 Å². The van der Waals surface area contributed by atoms with Gasteiger partial charge in [0, 0.05) is 25.0 Å². The maximum atomic E-state index is 13.3. The Hall–Kier alpha value is -4.42. The number of hydrogen-bond acceptors (Lipinski definition) is 9. The number of anilines is 1. The van der Waals surface area contributed by atoms with Crippen LogP contribution in [-0.2, 0) is 10.2 Å². The number of ketones is 1. The topological polar surface area (TPSA) is 136 Å². The van der Waals surface area contributed by atoms with Gasteiger partial charge < -0.3 is 19.7 Å². The molecule has 0 bridgehead atoms. The van der Waals surface area contributed by atoms with Crippen LogP contribution < -0.4 is 15.4 Å². The van der Waals surface area contributed by atoms with Crippen LogP contribution in [0.25, 0.3) is 5.65 Å². The monoisotopic (exact) mass is 628 g/mol. The molecule has 1 aliphatic rings. The maximum absolute atomic E-state index is 13.3. The van der Waals surface area contributed by atoms with E-state index in [1.54, 1.807) is 13.2 Å². The third-order valence-corrected chi connectivity index (χ3v) is 8.13. The Morgan fingerprint density at radius 1 is 1.07 bits per heavy atom. The number of nitrogens with zero attached hydrogens (tertiary/aromatic N) is 6. The van der Waals surface area contributed by atoms with Crippen molar-refractivity contribution in [3.8, 4) is 5.75 Å². The zero-order valence-electron chi connectivity index (χ0n) is 27.7. The standard InChI is InChI=1S/C34H44N8O4/c1-21(45-7)32-40-39-30-17-14-22(20-42(30)32)46-27-16-15-25(23-11-8-9-12-24(23)27)35-33(44)38-29-19-28(34(2,3)4)36-31(37-29)26(43)13-10-18-41(5)6/h8-9,11-12,14,17,19-21,25,27H,10,13,15-16,18H2,1-7H3,(H2,35,36,37,38,44)/t21-,25-,27+/m0/s1. The second-order valence-electron chi connectivity index (χ2n) is 13.0. The summed E-state index contributed by atoms with van der Waals surface area (Å²) in [5, 5.41) is 14.5. The Bertz CT molecular complexity index is 1700. The molecule has 0 radical (unpaired) electrons. The van der Waals surface area contributed by atoms with Crippen molar-refractivity contribution in [2.75, 3.05) is 33.1 Å². The number of ether oxygens (including phenoxy) is 2. The van der Waals surface area contributed by atoms with Gasteiger partial charge in [0.25, 0.3) is 0 Å². The number of Topliss-reactive ketones (excluding diaryl/α,β-unsaturated/α-hetero) is 1. The fraction of sp³-hybridized carbons (Fsp3) is 0.471. The number of hydrogen-bond donors (Lipinski definition) is 2. The minimum absolute atomic E-state index is 0.123. The molecule has 3 heterocycles. The van der Waals surface area contributed by atoms with Crippen LogP contribution in [0.2, 0.25) is 0 Å². The molecule has 5 rings (SSSR count). The van der Waals surface area contributed by atoms with E-state index in [-0.39, 0.29) is 35.3 Å². The molecule has 1 aliphatic carbocycles. The van der Waals surface area contributed by atoms with Crippen molar-refractivity contribution in [2.45, 2.75) is 77.0 Å². The molecule has 0 unspecified atom stereocenters. The van der Waals surface area contributed by atoms with E-state index in [0.717, 1.165) is 17.7 Å². The number of amides is 2. The Kier molecular flexibility index (Phi) is 9.97. The van der Waals surface area contributed by atoms with Crippen molar-refractivity contribution < 1.29 is 19.1 Å². The number of methoxy groups -OCH3 is 1. The molecule has 0 saturated heterocycles. The van der Waals surface area contributed by atoms with Crippen molar-refractivity contribution >= 4 is 23.3 Å². The average Bonchev–Trinajstić information content (AvgIpc) is 3.44. The maximum Gasteiger partial charge on any atom is 0.320 e. The Balaban J connectivity index is 1.30. The molecule has 3 atom stereocenters. The van der Waals surface area contributed by atoms with E-state index in [1.165, 1.54) is 0 Å². The number of carbonyl (C=O) groups excluding carboxylic acids is 2. The average molecular weight is 629 g/mol. The highest BCUT2D eigenvalue weighted by Gasteiger charge is 2.30. The minimum atomic E-state index is -0.401. The fourth-order valence-corrected chi connectivity index (χ4v) is 5.53. The lowest BCUT2D eigenvalue weighted by Gasteiger charge is -2.32. The highest BCUT2D eigenvalue weighted by Crippen LogP contribution is 2.39. The quantitative estimate of drug-likeness (QED) is 0.197. The number of carbonyl (C=O) groups is 2. The zero-order chi connectivity index (χ0) is 33.0. The summed E-state index contributed by atoms with van der Waals surface area (Å²) in [5.41, 5.74) is 3.06. The van der Waals surface area contributed by atoms with Gasteiger partial charge in [-0.2, -0.15) is 0 Å². The number of aromatic nitrogens is 5. The van der Waals surface area contributed by atoms with Crippen LogP contribution >= 0.6 is 0 Å². The molecule has 0 spiro atoms. The lowest BCUT2D eigenvalue weighted by Crippen LogP contribution is -2.36. The molecule has 0 saturated carbocycles. The van der Waals surface area contributed by atoms with Crippen molar-refractivity contribution in [2.24, 2.45) is 0 Å². The van der Waals surface area contributed by atoms with Gasteiger partial charge in [-0.1, -0.05) is 45.0 Å². The van der Waals surface area contributed by atoms with E-state index in [0.29, 0.717) is 54.4 Å². The first-order valence-electron chi connectivity index (χ1n) is 15.7. The van der Waals surface area contributed by atoms with Crippen LogP contribution in [0.15, 0.2) is 48.7 Å². The molecule has 2 amide bonds. The van der Waals surface area contributed by atoms with Gasteiger partial charge in [-0.3, -0.25) is 14.5 Å². The second kappa shape index (κ2) is 13.9. The van der Waals surface area contributed by atoms with E-state index in [4.69, 9.17) is 9.47 Å². The number of nitrogens with one attached hydrogen (secondary N) is 2. The number of rotatable bonds is 11. The number of fused-ring (bicyclic) bond motifs is 2. The van der Waals surface area contributed by atoms with Gasteiger partial charge in [-0.15, -0.1) is 10.2 Å². The molecular formula is C34H44N8O4. The third kappa shape index (κ3) is 7.68. The van der Waals surface area contributed by atoms with E-state index in [1.807, 2.05) is 93.7 Å². The van der Waals surface area contributed by atoms with E-state index in [2.05, 4.69) is 30.8 Å². The molecule has 4 aromatic rings. The molecule has 0 aliphatic heterocycles. The van der Waals surface area contributed by atoms with E-state index >= 15 is 0 Å². The number of pyridine rings is 1. The van der Waals surface area contributed by atoms with Gasteiger partial charge in [0.1, 0.15) is 23.8 Å². The first-order chi connectivity index (χ1) is 21.9. The normalized spacial score (nSPS) is 17.0. The third-order valence-electron chi connectivity index (χ3n) is 8.13. The highest BCUT2D eigenvalue weighted by molar-refractivity contribution is 5.94.